The normalized spacial score (nSPS) is 17.6. The molecule has 8 aromatic rings. The molecule has 1 N–H and O–H groups in total. The smallest absolute Gasteiger partial charge is 0.143 e. The van der Waals surface area contributed by atoms with Crippen LogP contribution in [0.25, 0.3) is 71.0 Å². The zero-order valence-electron chi connectivity index (χ0n) is 23.0. The number of benzene rings is 7. The maximum atomic E-state index is 11.5. The molecule has 2 heterocycles. The van der Waals surface area contributed by atoms with Crippen LogP contribution in [0.4, 0.5) is 0 Å². The number of ether oxygens (including phenoxy) is 1. The van der Waals surface area contributed by atoms with Crippen molar-refractivity contribution in [2.24, 2.45) is 0 Å². The molecule has 43 heavy (non-hydrogen) atoms. The number of phenols is 1. The summed E-state index contributed by atoms with van der Waals surface area (Å²) in [7, 11) is 0. The van der Waals surface area contributed by atoms with E-state index in [2.05, 4.69) is 97.1 Å². The van der Waals surface area contributed by atoms with Gasteiger partial charge in [-0.25, -0.2) is 0 Å². The van der Waals surface area contributed by atoms with Crippen molar-refractivity contribution in [2.45, 2.75) is 12.0 Å². The molecule has 0 spiro atoms. The van der Waals surface area contributed by atoms with E-state index in [9.17, 15) is 5.11 Å². The SMILES string of the molecule is Oc1cc(C2=CC=CC3c4ccccc4OC23)c2ccc3ccc(-c4cccc5c4oc4ccccc45)c4ccc1c2c34. The molecular weight excluding hydrogens is 528 g/mol. The number of phenolic OH excluding ortho intramolecular Hbond substituents is 1. The Hall–Kier alpha value is -5.54. The molecule has 0 radical (unpaired) electrons. The van der Waals surface area contributed by atoms with Gasteiger partial charge in [-0.05, 0) is 56.9 Å². The van der Waals surface area contributed by atoms with Gasteiger partial charge in [0.1, 0.15) is 28.8 Å². The average molecular weight is 553 g/mol. The highest BCUT2D eigenvalue weighted by Gasteiger charge is 2.37. The summed E-state index contributed by atoms with van der Waals surface area (Å²) in [6.45, 7) is 0. The summed E-state index contributed by atoms with van der Waals surface area (Å²) in [4.78, 5) is 0. The number of para-hydroxylation sites is 3. The van der Waals surface area contributed by atoms with Gasteiger partial charge in [-0.3, -0.25) is 0 Å². The fourth-order valence-electron chi connectivity index (χ4n) is 7.63. The molecule has 1 aliphatic heterocycles. The van der Waals surface area contributed by atoms with Gasteiger partial charge in [-0.1, -0.05) is 103 Å². The minimum absolute atomic E-state index is 0.137. The van der Waals surface area contributed by atoms with Gasteiger partial charge in [0.15, 0.2) is 0 Å². The van der Waals surface area contributed by atoms with Gasteiger partial charge >= 0.3 is 0 Å². The molecular formula is C40H24O3. The van der Waals surface area contributed by atoms with Crippen LogP contribution in [0.1, 0.15) is 17.0 Å². The molecule has 0 saturated heterocycles. The van der Waals surface area contributed by atoms with Gasteiger partial charge in [0, 0.05) is 44.2 Å². The van der Waals surface area contributed by atoms with E-state index < -0.39 is 0 Å². The van der Waals surface area contributed by atoms with Crippen LogP contribution in [0.3, 0.4) is 0 Å². The third-order valence-electron chi connectivity index (χ3n) is 9.52. The maximum Gasteiger partial charge on any atom is 0.143 e. The van der Waals surface area contributed by atoms with E-state index in [1.807, 2.05) is 30.3 Å². The van der Waals surface area contributed by atoms with Crippen molar-refractivity contribution in [3.63, 3.8) is 0 Å². The summed E-state index contributed by atoms with van der Waals surface area (Å²) >= 11 is 0. The molecule has 10 rings (SSSR count). The fraction of sp³-hybridized carbons (Fsp3) is 0.0500. The maximum absolute atomic E-state index is 11.5. The van der Waals surface area contributed by atoms with Crippen LogP contribution in [0.5, 0.6) is 11.5 Å². The van der Waals surface area contributed by atoms with Gasteiger partial charge in [0.25, 0.3) is 0 Å². The van der Waals surface area contributed by atoms with Gasteiger partial charge in [-0.2, -0.15) is 0 Å². The lowest BCUT2D eigenvalue weighted by Gasteiger charge is -2.25. The lowest BCUT2D eigenvalue weighted by molar-refractivity contribution is 0.278. The number of allylic oxidation sites excluding steroid dienone is 2. The predicted molar refractivity (Wildman–Crippen MR) is 175 cm³/mol. The largest absolute Gasteiger partial charge is 0.507 e. The van der Waals surface area contributed by atoms with Crippen LogP contribution in [-0.4, -0.2) is 11.2 Å². The number of fused-ring (bicyclic) bond motifs is 6. The van der Waals surface area contributed by atoms with Gasteiger partial charge < -0.3 is 14.3 Å². The van der Waals surface area contributed by atoms with E-state index in [0.29, 0.717) is 0 Å². The first kappa shape index (κ1) is 23.1. The Morgan fingerprint density at radius 3 is 2.37 bits per heavy atom. The summed E-state index contributed by atoms with van der Waals surface area (Å²) in [6.07, 6.45) is 6.36. The standard InChI is InChI=1S/C40H24O3/c41-34-21-33(31-12-6-11-30-25-8-2-4-14-36(25)43-40(30)31)27-18-16-22-15-17-23(26-19-20-32(34)38(27)37(22)26)28-9-5-10-29-24-7-1-3-13-35(24)42-39(28)29/h1-21,30,40-41H. The molecule has 1 aliphatic carbocycles. The monoisotopic (exact) mass is 552 g/mol. The van der Waals surface area contributed by atoms with Crippen molar-refractivity contribution in [1.82, 2.24) is 0 Å². The average Bonchev–Trinajstić information content (AvgIpc) is 3.63. The van der Waals surface area contributed by atoms with E-state index >= 15 is 0 Å². The molecule has 2 aliphatic rings. The van der Waals surface area contributed by atoms with E-state index in [1.54, 1.807) is 0 Å². The fourth-order valence-corrected chi connectivity index (χ4v) is 7.63. The zero-order chi connectivity index (χ0) is 28.2. The third-order valence-corrected chi connectivity index (χ3v) is 9.52. The lowest BCUT2D eigenvalue weighted by Crippen LogP contribution is -2.21. The van der Waals surface area contributed by atoms with Gasteiger partial charge in [0.2, 0.25) is 0 Å². The van der Waals surface area contributed by atoms with Crippen LogP contribution in [-0.2, 0) is 0 Å². The molecule has 0 saturated carbocycles. The second-order valence-corrected chi connectivity index (χ2v) is 11.7. The number of hydrogen-bond acceptors (Lipinski definition) is 3. The van der Waals surface area contributed by atoms with Crippen LogP contribution in [0.15, 0.2) is 132 Å². The Bertz CT molecular complexity index is 2510. The van der Waals surface area contributed by atoms with E-state index in [-0.39, 0.29) is 17.8 Å². The zero-order valence-corrected chi connectivity index (χ0v) is 23.0. The number of rotatable bonds is 2. The molecule has 0 amide bonds. The van der Waals surface area contributed by atoms with Crippen molar-refractivity contribution in [3.05, 3.63) is 139 Å². The Kier molecular flexibility index (Phi) is 4.44. The van der Waals surface area contributed by atoms with Crippen molar-refractivity contribution >= 4 is 59.8 Å². The summed E-state index contributed by atoms with van der Waals surface area (Å²) < 4.78 is 13.0. The first-order chi connectivity index (χ1) is 21.2. The predicted octanol–water partition coefficient (Wildman–Crippen LogP) is 10.4. The summed E-state index contributed by atoms with van der Waals surface area (Å²) in [5.74, 6) is 1.36. The Morgan fingerprint density at radius 2 is 1.40 bits per heavy atom. The third kappa shape index (κ3) is 3.03. The van der Waals surface area contributed by atoms with Crippen LogP contribution in [0, 0.1) is 0 Å². The summed E-state index contributed by atoms with van der Waals surface area (Å²) in [6, 6.07) is 37.8. The lowest BCUT2D eigenvalue weighted by atomic mass is 9.81. The highest BCUT2D eigenvalue weighted by atomic mass is 16.5. The van der Waals surface area contributed by atoms with Crippen molar-refractivity contribution in [1.29, 1.82) is 0 Å². The second kappa shape index (κ2) is 8.27. The van der Waals surface area contributed by atoms with Crippen LogP contribution in [0.2, 0.25) is 0 Å². The molecule has 202 valence electrons. The van der Waals surface area contributed by atoms with Gasteiger partial charge in [0.05, 0.1) is 0 Å². The highest BCUT2D eigenvalue weighted by molar-refractivity contribution is 6.28. The number of furan rings is 1. The van der Waals surface area contributed by atoms with E-state index in [1.165, 1.54) is 5.56 Å². The molecule has 7 aromatic carbocycles. The first-order valence-corrected chi connectivity index (χ1v) is 14.7. The topological polar surface area (TPSA) is 42.6 Å². The summed E-state index contributed by atoms with van der Waals surface area (Å²) in [5.41, 5.74) is 7.27. The first-order valence-electron chi connectivity index (χ1n) is 14.7. The minimum atomic E-state index is -0.137. The molecule has 3 heteroatoms. The Morgan fingerprint density at radius 1 is 0.605 bits per heavy atom. The van der Waals surface area contributed by atoms with Gasteiger partial charge in [-0.15, -0.1) is 0 Å². The molecule has 2 unspecified atom stereocenters. The van der Waals surface area contributed by atoms with Crippen molar-refractivity contribution in [2.75, 3.05) is 0 Å². The molecule has 0 bridgehead atoms. The van der Waals surface area contributed by atoms with Crippen LogP contribution < -0.4 is 4.74 Å². The number of aromatic hydroxyl groups is 1. The quantitative estimate of drug-likeness (QED) is 0.217. The van der Waals surface area contributed by atoms with E-state index in [4.69, 9.17) is 9.15 Å². The minimum Gasteiger partial charge on any atom is -0.507 e. The Labute approximate surface area is 246 Å². The van der Waals surface area contributed by atoms with Crippen LogP contribution >= 0.6 is 0 Å². The molecule has 3 nitrogen and oxygen atoms in total. The highest BCUT2D eigenvalue weighted by Crippen LogP contribution is 2.50. The molecule has 0 fully saturated rings. The van der Waals surface area contributed by atoms with Crippen molar-refractivity contribution in [3.8, 4) is 22.6 Å². The summed E-state index contributed by atoms with van der Waals surface area (Å²) in [5, 5.41) is 20.2. The molecule has 2 atom stereocenters. The molecule has 1 aromatic heterocycles. The second-order valence-electron chi connectivity index (χ2n) is 11.7. The van der Waals surface area contributed by atoms with Crippen molar-refractivity contribution < 1.29 is 14.3 Å². The van der Waals surface area contributed by atoms with E-state index in [0.717, 1.165) is 82.3 Å². The Balaban J connectivity index is 1.24. The number of hydrogen-bond donors (Lipinski definition) is 1.